The Kier molecular flexibility index (Phi) is 9.47. The minimum absolute atomic E-state index is 0.163. The second-order valence-electron chi connectivity index (χ2n) is 11.9. The van der Waals surface area contributed by atoms with Crippen LogP contribution < -0.4 is 0 Å². The number of aliphatic hydroxyl groups is 1. The molecule has 228 valence electrons. The van der Waals surface area contributed by atoms with Crippen LogP contribution in [0.5, 0.6) is 0 Å². The highest BCUT2D eigenvalue weighted by atomic mass is 16.5. The lowest BCUT2D eigenvalue weighted by Gasteiger charge is -2.39. The number of aliphatic hydroxyl groups excluding tert-OH is 1. The van der Waals surface area contributed by atoms with Gasteiger partial charge in [-0.15, -0.1) is 13.2 Å². The van der Waals surface area contributed by atoms with E-state index in [0.717, 1.165) is 18.7 Å². The molecule has 10 heteroatoms. The number of fused-ring (bicyclic) bond motifs is 1. The summed E-state index contributed by atoms with van der Waals surface area (Å²) in [7, 11) is 0. The quantitative estimate of drug-likeness (QED) is 0.351. The molecule has 2 unspecified atom stereocenters. The van der Waals surface area contributed by atoms with Crippen molar-refractivity contribution >= 4 is 17.7 Å². The Bertz CT molecular complexity index is 1160. The molecule has 4 saturated heterocycles. The van der Waals surface area contributed by atoms with Crippen LogP contribution in [0.2, 0.25) is 0 Å². The summed E-state index contributed by atoms with van der Waals surface area (Å²) in [5.74, 6) is -2.17. The summed E-state index contributed by atoms with van der Waals surface area (Å²) < 4.78 is 12.1. The SMILES string of the molecule is C=CCN(CCN1CCOCC1)C(=O)C1N([C@H](C)CO)C(=O)[C@@H]2[C@H](C(=O)N(CC=C)Cc3ccccc3)[C@@H]3CCC12O3. The number of hydrogen-bond acceptors (Lipinski definition) is 7. The molecular formula is C32H44N4O6. The Morgan fingerprint density at radius 1 is 1.12 bits per heavy atom. The predicted molar refractivity (Wildman–Crippen MR) is 157 cm³/mol. The number of morpholine rings is 1. The van der Waals surface area contributed by atoms with E-state index in [0.29, 0.717) is 58.8 Å². The van der Waals surface area contributed by atoms with E-state index in [1.807, 2.05) is 30.3 Å². The highest BCUT2D eigenvalue weighted by molar-refractivity contribution is 5.99. The van der Waals surface area contributed by atoms with Crippen LogP contribution >= 0.6 is 0 Å². The number of carbonyl (C=O) groups is 3. The van der Waals surface area contributed by atoms with Crippen LogP contribution in [0, 0.1) is 11.8 Å². The molecule has 3 amide bonds. The van der Waals surface area contributed by atoms with Gasteiger partial charge in [0.1, 0.15) is 11.6 Å². The summed E-state index contributed by atoms with van der Waals surface area (Å²) in [4.78, 5) is 50.1. The van der Waals surface area contributed by atoms with Gasteiger partial charge in [-0.25, -0.2) is 0 Å². The molecule has 10 nitrogen and oxygen atoms in total. The van der Waals surface area contributed by atoms with E-state index in [2.05, 4.69) is 18.1 Å². The first-order chi connectivity index (χ1) is 20.4. The minimum atomic E-state index is -1.12. The van der Waals surface area contributed by atoms with Crippen LogP contribution in [0.15, 0.2) is 55.6 Å². The zero-order valence-electron chi connectivity index (χ0n) is 24.6. The van der Waals surface area contributed by atoms with Crippen LogP contribution in [0.1, 0.15) is 25.3 Å². The molecule has 4 aliphatic heterocycles. The number of rotatable bonds is 13. The third kappa shape index (κ3) is 5.53. The van der Waals surface area contributed by atoms with Crippen molar-refractivity contribution in [3.8, 4) is 0 Å². The van der Waals surface area contributed by atoms with Gasteiger partial charge in [-0.3, -0.25) is 19.3 Å². The second-order valence-corrected chi connectivity index (χ2v) is 11.9. The Hall–Kier alpha value is -3.05. The van der Waals surface area contributed by atoms with Gasteiger partial charge in [0.15, 0.2) is 0 Å². The number of hydrogen-bond donors (Lipinski definition) is 1. The summed E-state index contributed by atoms with van der Waals surface area (Å²) in [5, 5.41) is 10.2. The molecule has 1 aromatic rings. The van der Waals surface area contributed by atoms with E-state index in [-0.39, 0.29) is 24.3 Å². The van der Waals surface area contributed by atoms with Crippen molar-refractivity contribution in [2.75, 3.05) is 59.1 Å². The van der Waals surface area contributed by atoms with Gasteiger partial charge in [-0.05, 0) is 25.3 Å². The van der Waals surface area contributed by atoms with Crippen molar-refractivity contribution in [1.82, 2.24) is 19.6 Å². The highest BCUT2D eigenvalue weighted by Crippen LogP contribution is 2.59. The monoisotopic (exact) mass is 580 g/mol. The van der Waals surface area contributed by atoms with Gasteiger partial charge in [-0.1, -0.05) is 42.5 Å². The first kappa shape index (κ1) is 30.4. The van der Waals surface area contributed by atoms with Crippen molar-refractivity contribution in [3.05, 3.63) is 61.2 Å². The molecule has 1 aromatic carbocycles. The molecule has 6 atom stereocenters. The van der Waals surface area contributed by atoms with Gasteiger partial charge >= 0.3 is 0 Å². The van der Waals surface area contributed by atoms with E-state index in [4.69, 9.17) is 9.47 Å². The number of amides is 3. The average molecular weight is 581 g/mol. The third-order valence-electron chi connectivity index (χ3n) is 9.32. The lowest BCUT2D eigenvalue weighted by molar-refractivity contribution is -0.151. The fourth-order valence-corrected chi connectivity index (χ4v) is 7.32. The van der Waals surface area contributed by atoms with Crippen LogP contribution in [-0.4, -0.2) is 125 Å². The molecule has 0 radical (unpaired) electrons. The molecular weight excluding hydrogens is 536 g/mol. The normalized spacial score (nSPS) is 29.3. The summed E-state index contributed by atoms with van der Waals surface area (Å²) in [6, 6.07) is 8.19. The summed E-state index contributed by atoms with van der Waals surface area (Å²) in [6.07, 6.45) is 4.04. The van der Waals surface area contributed by atoms with E-state index < -0.39 is 35.6 Å². The van der Waals surface area contributed by atoms with Gasteiger partial charge in [0.2, 0.25) is 17.7 Å². The van der Waals surface area contributed by atoms with Gasteiger partial charge in [-0.2, -0.15) is 0 Å². The number of likely N-dealkylation sites (tertiary alicyclic amines) is 1. The number of ether oxygens (including phenoxy) is 2. The van der Waals surface area contributed by atoms with Crippen LogP contribution in [-0.2, 0) is 30.4 Å². The summed E-state index contributed by atoms with van der Waals surface area (Å²) in [5.41, 5.74) is -0.138. The van der Waals surface area contributed by atoms with Crippen molar-refractivity contribution in [2.24, 2.45) is 11.8 Å². The lowest BCUT2D eigenvalue weighted by atomic mass is 9.70. The van der Waals surface area contributed by atoms with Gasteiger partial charge < -0.3 is 29.3 Å². The Labute approximate surface area is 248 Å². The van der Waals surface area contributed by atoms with Crippen molar-refractivity contribution < 1.29 is 29.0 Å². The molecule has 1 N–H and O–H groups in total. The summed E-state index contributed by atoms with van der Waals surface area (Å²) >= 11 is 0. The maximum Gasteiger partial charge on any atom is 0.248 e. The Morgan fingerprint density at radius 2 is 1.81 bits per heavy atom. The zero-order chi connectivity index (χ0) is 29.9. The largest absolute Gasteiger partial charge is 0.394 e. The van der Waals surface area contributed by atoms with Gasteiger partial charge in [0.25, 0.3) is 0 Å². The molecule has 0 aliphatic carbocycles. The first-order valence-electron chi connectivity index (χ1n) is 15.1. The van der Waals surface area contributed by atoms with Crippen LogP contribution in [0.4, 0.5) is 0 Å². The zero-order valence-corrected chi connectivity index (χ0v) is 24.6. The Balaban J connectivity index is 1.44. The van der Waals surface area contributed by atoms with E-state index in [1.54, 1.807) is 28.9 Å². The van der Waals surface area contributed by atoms with Crippen LogP contribution in [0.3, 0.4) is 0 Å². The molecule has 4 heterocycles. The van der Waals surface area contributed by atoms with E-state index in [9.17, 15) is 19.5 Å². The summed E-state index contributed by atoms with van der Waals surface area (Å²) in [6.45, 7) is 14.3. The number of benzene rings is 1. The van der Waals surface area contributed by atoms with Crippen molar-refractivity contribution in [3.63, 3.8) is 0 Å². The maximum absolute atomic E-state index is 14.4. The highest BCUT2D eigenvalue weighted by Gasteiger charge is 2.75. The number of carbonyl (C=O) groups excluding carboxylic acids is 3. The third-order valence-corrected chi connectivity index (χ3v) is 9.32. The molecule has 2 bridgehead atoms. The topological polar surface area (TPSA) is 103 Å². The molecule has 4 aliphatic rings. The van der Waals surface area contributed by atoms with Gasteiger partial charge in [0, 0.05) is 45.8 Å². The molecule has 0 saturated carbocycles. The minimum Gasteiger partial charge on any atom is -0.394 e. The molecule has 42 heavy (non-hydrogen) atoms. The van der Waals surface area contributed by atoms with E-state index in [1.165, 1.54) is 4.90 Å². The molecule has 1 spiro atoms. The smallest absolute Gasteiger partial charge is 0.248 e. The van der Waals surface area contributed by atoms with E-state index >= 15 is 0 Å². The first-order valence-corrected chi connectivity index (χ1v) is 15.1. The maximum atomic E-state index is 14.4. The average Bonchev–Trinajstić information content (AvgIpc) is 3.66. The van der Waals surface area contributed by atoms with Crippen molar-refractivity contribution in [1.29, 1.82) is 0 Å². The predicted octanol–water partition coefficient (Wildman–Crippen LogP) is 1.30. The molecule has 4 fully saturated rings. The fourth-order valence-electron chi connectivity index (χ4n) is 7.32. The molecule has 5 rings (SSSR count). The fraction of sp³-hybridized carbons (Fsp3) is 0.594. The van der Waals surface area contributed by atoms with Crippen molar-refractivity contribution in [2.45, 2.75) is 50.1 Å². The van der Waals surface area contributed by atoms with Crippen LogP contribution in [0.25, 0.3) is 0 Å². The van der Waals surface area contributed by atoms with Gasteiger partial charge in [0.05, 0.1) is 43.8 Å². The molecule has 0 aromatic heterocycles. The second kappa shape index (κ2) is 13.1. The number of nitrogens with zero attached hydrogens (tertiary/aromatic N) is 4. The lowest BCUT2D eigenvalue weighted by Crippen LogP contribution is -2.59. The standard InChI is InChI=1S/C32H44N4O6/c1-4-13-34(16-15-33-17-19-41-20-18-33)31(40)28-32-12-11-25(42-32)26(27(32)30(39)36(28)23(3)22-37)29(38)35(14-5-2)21-24-9-7-6-8-10-24/h4-10,23,25-28,37H,1-2,11-22H2,3H3/t23-,25+,26-,27+,28?,32?/m1/s1. The Morgan fingerprint density at radius 3 is 2.48 bits per heavy atom.